The third-order valence-corrected chi connectivity index (χ3v) is 8.99. The first kappa shape index (κ1) is 30.0. The summed E-state index contributed by atoms with van der Waals surface area (Å²) in [6.07, 6.45) is 1.81. The molecule has 1 atom stereocenters. The number of hydrogen-bond donors (Lipinski definition) is 0. The predicted octanol–water partition coefficient (Wildman–Crippen LogP) is 5.06. The van der Waals surface area contributed by atoms with Crippen molar-refractivity contribution in [2.75, 3.05) is 20.3 Å². The largest absolute Gasteiger partial charge is 0.497 e. The Bertz CT molecular complexity index is 1890. The van der Waals surface area contributed by atoms with Crippen molar-refractivity contribution < 1.29 is 19.0 Å². The minimum Gasteiger partial charge on any atom is -0.497 e. The van der Waals surface area contributed by atoms with E-state index in [-0.39, 0.29) is 24.3 Å². The van der Waals surface area contributed by atoms with Gasteiger partial charge in [0.15, 0.2) is 11.4 Å². The van der Waals surface area contributed by atoms with Crippen LogP contribution in [0.1, 0.15) is 29.7 Å². The van der Waals surface area contributed by atoms with E-state index in [0.29, 0.717) is 26.5 Å². The lowest BCUT2D eigenvalue weighted by atomic mass is 9.93. The lowest BCUT2D eigenvalue weighted by Crippen LogP contribution is -2.40. The number of fused-ring (bicyclic) bond motifs is 1. The molecule has 0 saturated heterocycles. The summed E-state index contributed by atoms with van der Waals surface area (Å²) in [6.45, 7) is 1.87. The molecule has 0 spiro atoms. The van der Waals surface area contributed by atoms with E-state index in [1.165, 1.54) is 11.3 Å². The molecule has 212 valence electrons. The first-order valence-electron chi connectivity index (χ1n) is 12.8. The summed E-state index contributed by atoms with van der Waals surface area (Å²) in [5.74, 6) is 0.747. The van der Waals surface area contributed by atoms with Gasteiger partial charge in [0.25, 0.3) is 5.56 Å². The molecule has 0 amide bonds. The van der Waals surface area contributed by atoms with Crippen LogP contribution in [-0.2, 0) is 9.53 Å². The second-order valence-corrected chi connectivity index (χ2v) is 12.3. The summed E-state index contributed by atoms with van der Waals surface area (Å²) in [5.41, 5.74) is 2.74. The van der Waals surface area contributed by atoms with Gasteiger partial charge in [-0.2, -0.15) is 5.26 Å². The van der Waals surface area contributed by atoms with Crippen molar-refractivity contribution in [2.24, 2.45) is 4.99 Å². The molecule has 0 aliphatic carbocycles. The van der Waals surface area contributed by atoms with Gasteiger partial charge in [-0.05, 0) is 93.6 Å². The molecule has 1 aliphatic heterocycles. The Kier molecular flexibility index (Phi) is 9.44. The second kappa shape index (κ2) is 13.2. The highest BCUT2D eigenvalue weighted by molar-refractivity contribution is 14.1. The van der Waals surface area contributed by atoms with Crippen LogP contribution in [0.25, 0.3) is 11.8 Å². The summed E-state index contributed by atoms with van der Waals surface area (Å²) < 4.78 is 20.1. The topological polar surface area (TPSA) is 103 Å². The van der Waals surface area contributed by atoms with Crippen LogP contribution in [-0.4, -0.2) is 30.9 Å². The third-order valence-electron chi connectivity index (χ3n) is 6.40. The Morgan fingerprint density at radius 1 is 1.12 bits per heavy atom. The average molecular weight is 803 g/mol. The van der Waals surface area contributed by atoms with Gasteiger partial charge in [0, 0.05) is 5.56 Å². The van der Waals surface area contributed by atoms with E-state index in [0.717, 1.165) is 23.8 Å². The zero-order valence-electron chi connectivity index (χ0n) is 22.5. The van der Waals surface area contributed by atoms with Crippen LogP contribution in [0.2, 0.25) is 0 Å². The number of halogens is 2. The van der Waals surface area contributed by atoms with Crippen LogP contribution in [0.15, 0.2) is 82.1 Å². The van der Waals surface area contributed by atoms with Gasteiger partial charge < -0.3 is 14.2 Å². The van der Waals surface area contributed by atoms with E-state index in [4.69, 9.17) is 24.5 Å². The number of thiazole rings is 1. The van der Waals surface area contributed by atoms with Gasteiger partial charge in [-0.15, -0.1) is 0 Å². The van der Waals surface area contributed by atoms with E-state index >= 15 is 0 Å². The monoisotopic (exact) mass is 803 g/mol. The molecule has 0 saturated carbocycles. The van der Waals surface area contributed by atoms with Gasteiger partial charge >= 0.3 is 5.97 Å². The Hall–Kier alpha value is -3.48. The molecule has 5 rings (SSSR count). The Morgan fingerprint density at radius 2 is 1.81 bits per heavy atom. The minimum atomic E-state index is -0.773. The summed E-state index contributed by atoms with van der Waals surface area (Å²) in [7, 11) is 1.58. The van der Waals surface area contributed by atoms with Crippen LogP contribution in [0.3, 0.4) is 0 Å². The van der Waals surface area contributed by atoms with Gasteiger partial charge in [-0.25, -0.2) is 9.79 Å². The van der Waals surface area contributed by atoms with Crippen LogP contribution >= 0.6 is 56.5 Å². The highest BCUT2D eigenvalue weighted by Gasteiger charge is 2.35. The van der Waals surface area contributed by atoms with Crippen LogP contribution in [0, 0.1) is 18.5 Å². The number of nitrogens with zero attached hydrogens (tertiary/aromatic N) is 3. The van der Waals surface area contributed by atoms with Crippen molar-refractivity contribution in [3.8, 4) is 17.6 Å². The molecule has 1 aromatic heterocycles. The fourth-order valence-electron chi connectivity index (χ4n) is 4.60. The van der Waals surface area contributed by atoms with Crippen molar-refractivity contribution in [1.29, 1.82) is 5.26 Å². The number of ether oxygens (including phenoxy) is 3. The number of esters is 1. The molecular formula is C31H23I2N3O5S. The molecule has 1 aliphatic rings. The quantitative estimate of drug-likeness (QED) is 0.183. The van der Waals surface area contributed by atoms with Gasteiger partial charge in [0.1, 0.15) is 17.6 Å². The first-order valence-corrected chi connectivity index (χ1v) is 15.7. The fraction of sp³-hybridized carbons (Fsp3) is 0.161. The molecule has 11 heteroatoms. The molecular weight excluding hydrogens is 780 g/mol. The summed E-state index contributed by atoms with van der Waals surface area (Å²) in [6, 6.07) is 21.7. The fourth-order valence-corrected chi connectivity index (χ4v) is 7.73. The van der Waals surface area contributed by atoms with E-state index in [1.54, 1.807) is 30.7 Å². The molecule has 0 fully saturated rings. The number of nitriles is 1. The van der Waals surface area contributed by atoms with Crippen LogP contribution in [0.4, 0.5) is 0 Å². The van der Waals surface area contributed by atoms with Gasteiger partial charge in [-0.3, -0.25) is 9.36 Å². The maximum Gasteiger partial charge on any atom is 0.338 e. The minimum absolute atomic E-state index is 0.0537. The summed E-state index contributed by atoms with van der Waals surface area (Å²) in [5, 5.41) is 8.90. The molecule has 0 radical (unpaired) electrons. The van der Waals surface area contributed by atoms with E-state index in [1.807, 2.05) is 66.7 Å². The molecule has 3 aromatic carbocycles. The number of aromatic nitrogens is 1. The molecule has 0 bridgehead atoms. The number of carbonyl (C=O) groups is 1. The lowest BCUT2D eigenvalue weighted by Gasteiger charge is -2.26. The SMILES string of the molecule is CCOC(=O)C1=C(c2ccccc2)N=c2s/c(=C\c3cc(I)c(OCC#N)c(I)c3)c(=O)n2[C@@H]1c1ccc(OC)cc1. The van der Waals surface area contributed by atoms with Gasteiger partial charge in [-0.1, -0.05) is 53.8 Å². The highest BCUT2D eigenvalue weighted by atomic mass is 127. The van der Waals surface area contributed by atoms with Gasteiger partial charge in [0.05, 0.1) is 42.7 Å². The van der Waals surface area contributed by atoms with Crippen molar-refractivity contribution in [1.82, 2.24) is 4.57 Å². The summed E-state index contributed by atoms with van der Waals surface area (Å²) >= 11 is 5.57. The highest BCUT2D eigenvalue weighted by Crippen LogP contribution is 2.36. The Morgan fingerprint density at radius 3 is 2.43 bits per heavy atom. The van der Waals surface area contributed by atoms with E-state index in [9.17, 15) is 9.59 Å². The second-order valence-electron chi connectivity index (χ2n) is 8.97. The smallest absolute Gasteiger partial charge is 0.338 e. The number of hydrogen-bond acceptors (Lipinski definition) is 8. The standard InChI is InChI=1S/C31H23I2N3O5S/c1-3-40-30(38)25-26(19-7-5-4-6-8-19)35-31-36(27(25)20-9-11-21(39-2)12-10-20)29(37)24(42-31)17-18-15-22(32)28(23(33)16-18)41-14-13-34/h4-12,15-17,27H,3,14H2,1-2H3/b24-17-/t27-/m1/s1. The van der Waals surface area contributed by atoms with Crippen LogP contribution in [0.5, 0.6) is 11.5 Å². The van der Waals surface area contributed by atoms with Crippen molar-refractivity contribution >= 4 is 74.3 Å². The van der Waals surface area contributed by atoms with E-state index < -0.39 is 12.0 Å². The number of methoxy groups -OCH3 is 1. The summed E-state index contributed by atoms with van der Waals surface area (Å²) in [4.78, 5) is 33.0. The first-order chi connectivity index (χ1) is 20.4. The third kappa shape index (κ3) is 6.02. The Balaban J connectivity index is 1.76. The maximum atomic E-state index is 14.1. The molecule has 0 unspecified atom stereocenters. The number of rotatable bonds is 8. The molecule has 2 heterocycles. The van der Waals surface area contributed by atoms with Crippen molar-refractivity contribution in [2.45, 2.75) is 13.0 Å². The number of carbonyl (C=O) groups excluding carboxylic acids is 1. The molecule has 0 N–H and O–H groups in total. The Labute approximate surface area is 272 Å². The van der Waals surface area contributed by atoms with Crippen molar-refractivity contribution in [3.63, 3.8) is 0 Å². The predicted molar refractivity (Wildman–Crippen MR) is 177 cm³/mol. The molecule has 42 heavy (non-hydrogen) atoms. The lowest BCUT2D eigenvalue weighted by molar-refractivity contribution is -0.138. The molecule has 4 aromatic rings. The maximum absolute atomic E-state index is 14.1. The van der Waals surface area contributed by atoms with Crippen molar-refractivity contribution in [3.05, 3.63) is 116 Å². The van der Waals surface area contributed by atoms with Crippen LogP contribution < -0.4 is 24.4 Å². The van der Waals surface area contributed by atoms with E-state index in [2.05, 4.69) is 45.2 Å². The zero-order chi connectivity index (χ0) is 29.8. The zero-order valence-corrected chi connectivity index (χ0v) is 27.6. The average Bonchev–Trinajstić information content (AvgIpc) is 3.30. The number of benzene rings is 3. The normalized spacial score (nSPS) is 14.5. The van der Waals surface area contributed by atoms with Gasteiger partial charge in [0.2, 0.25) is 0 Å². The molecule has 8 nitrogen and oxygen atoms in total.